The highest BCUT2D eigenvalue weighted by molar-refractivity contribution is 6.32. The Morgan fingerprint density at radius 1 is 1.32 bits per heavy atom. The number of halogens is 1. The van der Waals surface area contributed by atoms with Crippen molar-refractivity contribution in [3.8, 4) is 17.1 Å². The predicted octanol–water partition coefficient (Wildman–Crippen LogP) is 3.86. The van der Waals surface area contributed by atoms with Crippen LogP contribution in [0.2, 0.25) is 5.02 Å². The van der Waals surface area contributed by atoms with Gasteiger partial charge in [0.2, 0.25) is 0 Å². The van der Waals surface area contributed by atoms with Crippen molar-refractivity contribution in [1.29, 1.82) is 0 Å². The summed E-state index contributed by atoms with van der Waals surface area (Å²) in [5.74, 6) is 2.46. The van der Waals surface area contributed by atoms with Crippen molar-refractivity contribution in [1.82, 2.24) is 5.32 Å². The average Bonchev–Trinajstić information content (AvgIpc) is 3.13. The van der Waals surface area contributed by atoms with Crippen LogP contribution in [0.15, 0.2) is 34.7 Å². The molecule has 0 radical (unpaired) electrons. The third kappa shape index (κ3) is 2.94. The number of ether oxygens (including phenoxy) is 1. The maximum atomic E-state index is 6.12. The molecule has 1 aromatic carbocycles. The van der Waals surface area contributed by atoms with E-state index in [1.807, 2.05) is 30.3 Å². The summed E-state index contributed by atoms with van der Waals surface area (Å²) in [6.07, 6.45) is 2.56. The van der Waals surface area contributed by atoms with E-state index < -0.39 is 0 Å². The third-order valence-electron chi connectivity index (χ3n) is 3.24. The molecule has 0 aliphatic heterocycles. The quantitative estimate of drug-likeness (QED) is 0.901. The number of benzene rings is 1. The molecule has 0 unspecified atom stereocenters. The SMILES string of the molecule is COc1ccc(-c2ccc(CNC3CC3)o2)cc1Cl. The van der Waals surface area contributed by atoms with E-state index in [2.05, 4.69) is 5.32 Å². The van der Waals surface area contributed by atoms with Gasteiger partial charge in [-0.3, -0.25) is 0 Å². The van der Waals surface area contributed by atoms with Crippen molar-refractivity contribution >= 4 is 11.6 Å². The second-order valence-electron chi connectivity index (χ2n) is 4.77. The van der Waals surface area contributed by atoms with Crippen molar-refractivity contribution in [2.75, 3.05) is 7.11 Å². The highest BCUT2D eigenvalue weighted by Gasteiger charge is 2.20. The Bertz CT molecular complexity index is 575. The van der Waals surface area contributed by atoms with Gasteiger partial charge in [0.25, 0.3) is 0 Å². The average molecular weight is 278 g/mol. The summed E-state index contributed by atoms with van der Waals surface area (Å²) in [6, 6.07) is 10.3. The summed E-state index contributed by atoms with van der Waals surface area (Å²) in [7, 11) is 1.61. The Hall–Kier alpha value is -1.45. The van der Waals surface area contributed by atoms with Gasteiger partial charge in [-0.1, -0.05) is 11.6 Å². The van der Waals surface area contributed by atoms with Crippen LogP contribution in [-0.2, 0) is 6.54 Å². The van der Waals surface area contributed by atoms with Gasteiger partial charge in [0.05, 0.1) is 18.7 Å². The van der Waals surface area contributed by atoms with Crippen molar-refractivity contribution in [2.24, 2.45) is 0 Å². The van der Waals surface area contributed by atoms with Crippen LogP contribution in [0, 0.1) is 0 Å². The zero-order chi connectivity index (χ0) is 13.2. The van der Waals surface area contributed by atoms with E-state index in [0.717, 1.165) is 23.6 Å². The lowest BCUT2D eigenvalue weighted by Gasteiger charge is -2.04. The molecule has 1 N–H and O–H groups in total. The largest absolute Gasteiger partial charge is 0.495 e. The van der Waals surface area contributed by atoms with Crippen LogP contribution < -0.4 is 10.1 Å². The van der Waals surface area contributed by atoms with Crippen LogP contribution in [0.4, 0.5) is 0 Å². The van der Waals surface area contributed by atoms with Gasteiger partial charge in [0.15, 0.2) is 0 Å². The van der Waals surface area contributed by atoms with E-state index in [4.69, 9.17) is 20.8 Å². The fraction of sp³-hybridized carbons (Fsp3) is 0.333. The Labute approximate surface area is 117 Å². The monoisotopic (exact) mass is 277 g/mol. The molecule has 3 nitrogen and oxygen atoms in total. The topological polar surface area (TPSA) is 34.4 Å². The van der Waals surface area contributed by atoms with E-state index in [1.165, 1.54) is 12.8 Å². The molecule has 0 bridgehead atoms. The van der Waals surface area contributed by atoms with Crippen molar-refractivity contribution < 1.29 is 9.15 Å². The van der Waals surface area contributed by atoms with Crippen LogP contribution in [0.25, 0.3) is 11.3 Å². The molecule has 0 atom stereocenters. The van der Waals surface area contributed by atoms with Gasteiger partial charge in [0, 0.05) is 11.6 Å². The molecule has 0 spiro atoms. The predicted molar refractivity (Wildman–Crippen MR) is 75.6 cm³/mol. The fourth-order valence-corrected chi connectivity index (χ4v) is 2.24. The van der Waals surface area contributed by atoms with Gasteiger partial charge in [-0.25, -0.2) is 0 Å². The Balaban J connectivity index is 1.75. The van der Waals surface area contributed by atoms with Crippen LogP contribution >= 0.6 is 11.6 Å². The molecule has 3 rings (SSSR count). The molecular weight excluding hydrogens is 262 g/mol. The molecule has 1 saturated carbocycles. The minimum atomic E-state index is 0.592. The van der Waals surface area contributed by atoms with Crippen LogP contribution in [-0.4, -0.2) is 13.2 Å². The molecule has 1 aliphatic rings. The van der Waals surface area contributed by atoms with Gasteiger partial charge in [-0.15, -0.1) is 0 Å². The zero-order valence-electron chi connectivity index (χ0n) is 10.8. The van der Waals surface area contributed by atoms with E-state index in [1.54, 1.807) is 7.11 Å². The fourth-order valence-electron chi connectivity index (χ4n) is 1.98. The van der Waals surface area contributed by atoms with Crippen molar-refractivity contribution in [3.05, 3.63) is 41.1 Å². The molecule has 0 saturated heterocycles. The maximum absolute atomic E-state index is 6.12. The molecular formula is C15H16ClNO2. The molecule has 19 heavy (non-hydrogen) atoms. The lowest BCUT2D eigenvalue weighted by molar-refractivity contribution is 0.415. The second kappa shape index (κ2) is 5.27. The Morgan fingerprint density at radius 2 is 2.16 bits per heavy atom. The van der Waals surface area contributed by atoms with E-state index in [0.29, 0.717) is 16.8 Å². The highest BCUT2D eigenvalue weighted by Crippen LogP contribution is 2.31. The zero-order valence-corrected chi connectivity index (χ0v) is 11.5. The van der Waals surface area contributed by atoms with Gasteiger partial charge in [-0.2, -0.15) is 0 Å². The van der Waals surface area contributed by atoms with Crippen LogP contribution in [0.5, 0.6) is 5.75 Å². The molecule has 1 fully saturated rings. The summed E-state index contributed by atoms with van der Waals surface area (Å²) in [5.41, 5.74) is 0.962. The van der Waals surface area contributed by atoms with E-state index >= 15 is 0 Å². The van der Waals surface area contributed by atoms with Gasteiger partial charge < -0.3 is 14.5 Å². The summed E-state index contributed by atoms with van der Waals surface area (Å²) in [4.78, 5) is 0. The first kappa shape index (κ1) is 12.6. The standard InChI is InChI=1S/C15H16ClNO2/c1-18-15-6-2-10(8-13(15)16)14-7-5-12(19-14)9-17-11-3-4-11/h2,5-8,11,17H,3-4,9H2,1H3. The summed E-state index contributed by atoms with van der Waals surface area (Å²) >= 11 is 6.12. The first-order valence-electron chi connectivity index (χ1n) is 6.42. The molecule has 1 aliphatic carbocycles. The number of furan rings is 1. The normalized spacial score (nSPS) is 14.6. The molecule has 0 amide bonds. The minimum absolute atomic E-state index is 0.592. The van der Waals surface area contributed by atoms with Crippen molar-refractivity contribution in [2.45, 2.75) is 25.4 Å². The number of nitrogens with one attached hydrogen (secondary N) is 1. The smallest absolute Gasteiger partial charge is 0.137 e. The molecule has 1 heterocycles. The highest BCUT2D eigenvalue weighted by atomic mass is 35.5. The summed E-state index contributed by atoms with van der Waals surface area (Å²) in [5, 5.41) is 4.02. The van der Waals surface area contributed by atoms with Gasteiger partial charge >= 0.3 is 0 Å². The first-order valence-corrected chi connectivity index (χ1v) is 6.80. The number of rotatable bonds is 5. The minimum Gasteiger partial charge on any atom is -0.495 e. The van der Waals surface area contributed by atoms with Gasteiger partial charge in [-0.05, 0) is 43.2 Å². The van der Waals surface area contributed by atoms with E-state index in [-0.39, 0.29) is 0 Å². The Kier molecular flexibility index (Phi) is 3.49. The second-order valence-corrected chi connectivity index (χ2v) is 5.18. The maximum Gasteiger partial charge on any atom is 0.137 e. The van der Waals surface area contributed by atoms with Gasteiger partial charge in [0.1, 0.15) is 17.3 Å². The number of methoxy groups -OCH3 is 1. The summed E-state index contributed by atoms with van der Waals surface area (Å²) in [6.45, 7) is 0.786. The summed E-state index contributed by atoms with van der Waals surface area (Å²) < 4.78 is 11.0. The third-order valence-corrected chi connectivity index (χ3v) is 3.54. The van der Waals surface area contributed by atoms with E-state index in [9.17, 15) is 0 Å². The van der Waals surface area contributed by atoms with Crippen LogP contribution in [0.3, 0.4) is 0 Å². The lowest BCUT2D eigenvalue weighted by Crippen LogP contribution is -2.14. The Morgan fingerprint density at radius 3 is 2.84 bits per heavy atom. The molecule has 2 aromatic rings. The molecule has 100 valence electrons. The number of hydrogen-bond donors (Lipinski definition) is 1. The van der Waals surface area contributed by atoms with Crippen LogP contribution in [0.1, 0.15) is 18.6 Å². The molecule has 1 aromatic heterocycles. The first-order chi connectivity index (χ1) is 9.26. The lowest BCUT2D eigenvalue weighted by atomic mass is 10.2. The number of hydrogen-bond acceptors (Lipinski definition) is 3. The van der Waals surface area contributed by atoms with Crippen molar-refractivity contribution in [3.63, 3.8) is 0 Å². The molecule has 4 heteroatoms.